The first-order valence-electron chi connectivity index (χ1n) is 8.97. The first-order valence-corrected chi connectivity index (χ1v) is 10.8. The van der Waals surface area contributed by atoms with Gasteiger partial charge in [-0.15, -0.1) is 0 Å². The molecule has 0 aliphatic rings. The minimum absolute atomic E-state index is 0.0845. The largest absolute Gasteiger partial charge is 0.492 e. The van der Waals surface area contributed by atoms with E-state index < -0.39 is 10.1 Å². The lowest BCUT2D eigenvalue weighted by Crippen LogP contribution is -2.39. The topological polar surface area (TPSA) is 84.9 Å². The van der Waals surface area contributed by atoms with Gasteiger partial charge in [-0.25, -0.2) is 4.79 Å². The molecular weight excluding hydrogens is 380 g/mol. The van der Waals surface area contributed by atoms with Gasteiger partial charge in [0.2, 0.25) is 0 Å². The average Bonchev–Trinajstić information content (AvgIpc) is 2.60. The molecule has 1 N–H and O–H groups in total. The van der Waals surface area contributed by atoms with E-state index in [9.17, 15) is 13.2 Å². The molecule has 28 heavy (non-hydrogen) atoms. The Hall–Kier alpha value is -2.74. The molecule has 0 saturated heterocycles. The highest BCUT2D eigenvalue weighted by molar-refractivity contribution is 7.86. The average molecular weight is 407 g/mol. The molecule has 0 aliphatic carbocycles. The lowest BCUT2D eigenvalue weighted by Gasteiger charge is -2.27. The molecule has 2 aromatic carbocycles. The van der Waals surface area contributed by atoms with Crippen molar-refractivity contribution in [1.82, 2.24) is 4.90 Å². The Morgan fingerprint density at radius 3 is 2.50 bits per heavy atom. The van der Waals surface area contributed by atoms with E-state index in [4.69, 9.17) is 8.92 Å². The van der Waals surface area contributed by atoms with Gasteiger partial charge in [0.1, 0.15) is 11.5 Å². The maximum Gasteiger partial charge on any atom is 0.322 e. The summed E-state index contributed by atoms with van der Waals surface area (Å²) in [6.07, 6.45) is 0.989. The van der Waals surface area contributed by atoms with Crippen LogP contribution in [0.4, 0.5) is 10.5 Å². The number of rotatable bonds is 8. The third-order valence-corrected chi connectivity index (χ3v) is 4.31. The summed E-state index contributed by atoms with van der Waals surface area (Å²) in [5.41, 5.74) is 1.34. The molecule has 0 spiro atoms. The standard InChI is InChI=1S/C20H26N2O5S/c1-5-26-19-12-7-6-11-18(19)21-20(23)22(15(2)3)14-16-9-8-10-17(13-16)27-28(4,24)25/h6-13,15H,5,14H2,1-4H3,(H,21,23). The van der Waals surface area contributed by atoms with E-state index in [0.29, 0.717) is 24.6 Å². The van der Waals surface area contributed by atoms with E-state index in [1.807, 2.05) is 39.0 Å². The quantitative estimate of drug-likeness (QED) is 0.673. The SMILES string of the molecule is CCOc1ccccc1NC(=O)N(Cc1cccc(OS(C)(=O)=O)c1)C(C)C. The number of carbonyl (C=O) groups is 1. The molecule has 0 unspecified atom stereocenters. The van der Waals surface area contributed by atoms with Gasteiger partial charge < -0.3 is 19.1 Å². The maximum atomic E-state index is 12.9. The lowest BCUT2D eigenvalue weighted by atomic mass is 10.2. The van der Waals surface area contributed by atoms with Crippen molar-refractivity contribution in [3.8, 4) is 11.5 Å². The summed E-state index contributed by atoms with van der Waals surface area (Å²) in [5.74, 6) is 0.816. The van der Waals surface area contributed by atoms with Gasteiger partial charge >= 0.3 is 16.1 Å². The van der Waals surface area contributed by atoms with Gasteiger partial charge in [0, 0.05) is 12.6 Å². The van der Waals surface area contributed by atoms with Crippen molar-refractivity contribution in [3.63, 3.8) is 0 Å². The number of carbonyl (C=O) groups excluding carboxylic acids is 1. The van der Waals surface area contributed by atoms with Crippen LogP contribution in [0.1, 0.15) is 26.3 Å². The predicted molar refractivity (Wildman–Crippen MR) is 109 cm³/mol. The molecule has 152 valence electrons. The lowest BCUT2D eigenvalue weighted by molar-refractivity contribution is 0.193. The zero-order valence-electron chi connectivity index (χ0n) is 16.5. The highest BCUT2D eigenvalue weighted by Crippen LogP contribution is 2.25. The zero-order chi connectivity index (χ0) is 20.7. The summed E-state index contributed by atoms with van der Waals surface area (Å²) >= 11 is 0. The van der Waals surface area contributed by atoms with Crippen LogP contribution in [0.3, 0.4) is 0 Å². The van der Waals surface area contributed by atoms with Crippen molar-refractivity contribution < 1.29 is 22.1 Å². The Morgan fingerprint density at radius 2 is 1.86 bits per heavy atom. The molecule has 0 heterocycles. The highest BCUT2D eigenvalue weighted by atomic mass is 32.2. The fourth-order valence-electron chi connectivity index (χ4n) is 2.59. The summed E-state index contributed by atoms with van der Waals surface area (Å²) in [4.78, 5) is 14.5. The second-order valence-corrected chi connectivity index (χ2v) is 8.09. The second-order valence-electron chi connectivity index (χ2n) is 6.52. The molecule has 2 rings (SSSR count). The van der Waals surface area contributed by atoms with Crippen molar-refractivity contribution >= 4 is 21.8 Å². The van der Waals surface area contributed by atoms with Gasteiger partial charge in [-0.2, -0.15) is 8.42 Å². The van der Waals surface area contributed by atoms with Crippen molar-refractivity contribution in [2.24, 2.45) is 0 Å². The molecule has 7 nitrogen and oxygen atoms in total. The Morgan fingerprint density at radius 1 is 1.14 bits per heavy atom. The van der Waals surface area contributed by atoms with Gasteiger partial charge in [-0.3, -0.25) is 0 Å². The Kier molecular flexibility index (Phi) is 7.28. The van der Waals surface area contributed by atoms with E-state index in [0.717, 1.165) is 11.8 Å². The van der Waals surface area contributed by atoms with Crippen molar-refractivity contribution in [2.75, 3.05) is 18.2 Å². The molecule has 2 amide bonds. The van der Waals surface area contributed by atoms with Crippen molar-refractivity contribution in [1.29, 1.82) is 0 Å². The second kappa shape index (κ2) is 9.45. The molecule has 0 bridgehead atoms. The Balaban J connectivity index is 2.18. The van der Waals surface area contributed by atoms with Crippen LogP contribution in [0, 0.1) is 0 Å². The van der Waals surface area contributed by atoms with Crippen LogP contribution in [-0.2, 0) is 16.7 Å². The minimum Gasteiger partial charge on any atom is -0.492 e. The van der Waals surface area contributed by atoms with E-state index in [-0.39, 0.29) is 17.8 Å². The monoisotopic (exact) mass is 406 g/mol. The van der Waals surface area contributed by atoms with Crippen LogP contribution in [0.5, 0.6) is 11.5 Å². The maximum absolute atomic E-state index is 12.9. The van der Waals surface area contributed by atoms with Crippen LogP contribution in [0.2, 0.25) is 0 Å². The van der Waals surface area contributed by atoms with Gasteiger partial charge in [-0.05, 0) is 50.6 Å². The number of ether oxygens (including phenoxy) is 1. The summed E-state index contributed by atoms with van der Waals surface area (Å²) in [6.45, 7) is 6.48. The van der Waals surface area contributed by atoms with E-state index in [1.165, 1.54) is 0 Å². The normalized spacial score (nSPS) is 11.2. The van der Waals surface area contributed by atoms with Crippen LogP contribution in [-0.4, -0.2) is 38.3 Å². The number of amides is 2. The minimum atomic E-state index is -3.61. The number of nitrogens with zero attached hydrogens (tertiary/aromatic N) is 1. The van der Waals surface area contributed by atoms with E-state index in [2.05, 4.69) is 5.32 Å². The Labute approximate surface area is 166 Å². The number of anilines is 1. The van der Waals surface area contributed by atoms with Crippen molar-refractivity contribution in [2.45, 2.75) is 33.4 Å². The van der Waals surface area contributed by atoms with Gasteiger partial charge in [0.25, 0.3) is 0 Å². The molecule has 0 aromatic heterocycles. The predicted octanol–water partition coefficient (Wildman–Crippen LogP) is 3.87. The number of benzene rings is 2. The third-order valence-electron chi connectivity index (χ3n) is 3.81. The van der Waals surface area contributed by atoms with Crippen LogP contribution in [0.15, 0.2) is 48.5 Å². The number of nitrogens with one attached hydrogen (secondary N) is 1. The molecule has 0 aliphatic heterocycles. The smallest absolute Gasteiger partial charge is 0.322 e. The summed E-state index contributed by atoms with van der Waals surface area (Å²) < 4.78 is 33.1. The van der Waals surface area contributed by atoms with Gasteiger partial charge in [-0.1, -0.05) is 24.3 Å². The van der Waals surface area contributed by atoms with E-state index in [1.54, 1.807) is 35.2 Å². The molecule has 0 atom stereocenters. The molecular formula is C20H26N2O5S. The first-order chi connectivity index (χ1) is 13.2. The number of hydrogen-bond acceptors (Lipinski definition) is 5. The molecule has 0 fully saturated rings. The van der Waals surface area contributed by atoms with Crippen LogP contribution >= 0.6 is 0 Å². The fourth-order valence-corrected chi connectivity index (χ4v) is 3.05. The molecule has 0 saturated carbocycles. The first kappa shape index (κ1) is 21.6. The summed E-state index contributed by atoms with van der Waals surface area (Å²) in [5, 5.41) is 2.88. The third kappa shape index (κ3) is 6.45. The van der Waals surface area contributed by atoms with Crippen LogP contribution in [0.25, 0.3) is 0 Å². The summed E-state index contributed by atoms with van der Waals surface area (Å²) in [7, 11) is -3.61. The molecule has 8 heteroatoms. The van der Waals surface area contributed by atoms with E-state index >= 15 is 0 Å². The van der Waals surface area contributed by atoms with Gasteiger partial charge in [0.05, 0.1) is 18.6 Å². The van der Waals surface area contributed by atoms with Crippen molar-refractivity contribution in [3.05, 3.63) is 54.1 Å². The van der Waals surface area contributed by atoms with Gasteiger partial charge in [0.15, 0.2) is 0 Å². The fraction of sp³-hybridized carbons (Fsp3) is 0.350. The zero-order valence-corrected chi connectivity index (χ0v) is 17.3. The molecule has 0 radical (unpaired) electrons. The number of urea groups is 1. The highest BCUT2D eigenvalue weighted by Gasteiger charge is 2.19. The number of hydrogen-bond donors (Lipinski definition) is 1. The molecule has 2 aromatic rings. The number of para-hydroxylation sites is 2. The summed E-state index contributed by atoms with van der Waals surface area (Å²) in [6, 6.07) is 13.5. The van der Waals surface area contributed by atoms with Crippen LogP contribution < -0.4 is 14.2 Å². The Bertz CT molecular complexity index is 912.